The third-order valence-corrected chi connectivity index (χ3v) is 7.85. The van der Waals surface area contributed by atoms with Crippen LogP contribution in [0.4, 0.5) is 0 Å². The highest BCUT2D eigenvalue weighted by molar-refractivity contribution is 7.88. The number of aromatic nitrogens is 1. The van der Waals surface area contributed by atoms with Gasteiger partial charge in [-0.25, -0.2) is 0 Å². The van der Waals surface area contributed by atoms with Crippen LogP contribution in [-0.4, -0.2) is 45.1 Å². The molecule has 7 heteroatoms. The van der Waals surface area contributed by atoms with Crippen molar-refractivity contribution in [3.05, 3.63) is 64.3 Å². The van der Waals surface area contributed by atoms with Crippen molar-refractivity contribution < 1.29 is 14.1 Å². The quantitative estimate of drug-likeness (QED) is 0.612. The van der Waals surface area contributed by atoms with Gasteiger partial charge < -0.3 is 14.3 Å². The number of carbonyl (C=O) groups is 1. The normalized spacial score (nSPS) is 19.3. The van der Waals surface area contributed by atoms with Crippen LogP contribution < -0.4 is 4.74 Å². The summed E-state index contributed by atoms with van der Waals surface area (Å²) in [6.07, 6.45) is 3.44. The number of hydrogen-bond donors (Lipinski definition) is 1. The lowest BCUT2D eigenvalue weighted by atomic mass is 9.71. The molecule has 1 atom stereocenters. The molecule has 1 N–H and O–H groups in total. The SMILES string of the molecule is C[S+]([O-])N1CCC(Oc2ccc3c(c2)C(C)(C)c2[nH]c4cc(C#N)ccc4c2C3=O)CC1. The first-order chi connectivity index (χ1) is 15.3. The van der Waals surface area contributed by atoms with E-state index in [1.54, 1.807) is 18.4 Å². The maximum absolute atomic E-state index is 13.5. The summed E-state index contributed by atoms with van der Waals surface area (Å²) in [7, 11) is 0. The van der Waals surface area contributed by atoms with Crippen LogP contribution in [0.25, 0.3) is 10.9 Å². The van der Waals surface area contributed by atoms with Crippen LogP contribution >= 0.6 is 0 Å². The van der Waals surface area contributed by atoms with Gasteiger partial charge >= 0.3 is 0 Å². The Morgan fingerprint density at radius 3 is 2.66 bits per heavy atom. The second-order valence-electron chi connectivity index (χ2n) is 9.08. The Hall–Kier alpha value is -2.79. The third-order valence-electron chi connectivity index (χ3n) is 6.76. The highest BCUT2D eigenvalue weighted by Crippen LogP contribution is 2.44. The molecular weight excluding hydrogens is 422 g/mol. The number of nitrogens with zero attached hydrogens (tertiary/aromatic N) is 2. The van der Waals surface area contributed by atoms with Crippen LogP contribution in [0.3, 0.4) is 0 Å². The van der Waals surface area contributed by atoms with Crippen LogP contribution in [-0.2, 0) is 16.8 Å². The lowest BCUT2D eigenvalue weighted by molar-refractivity contribution is 0.103. The standard InChI is InChI=1S/C25H25N3O3S/c1-25(2)20-13-17(31-16-8-10-28(11-9-16)32(3)30)5-7-18(20)23(29)22-19-6-4-15(14-26)12-21(19)27-24(22)25/h4-7,12-13,16,27H,8-11H2,1-3H3. The maximum Gasteiger partial charge on any atom is 0.195 e. The number of nitrogens with one attached hydrogen (secondary N) is 1. The van der Waals surface area contributed by atoms with Crippen LogP contribution in [0.2, 0.25) is 0 Å². The van der Waals surface area contributed by atoms with E-state index < -0.39 is 16.8 Å². The number of H-pyrrole nitrogens is 1. The van der Waals surface area contributed by atoms with Gasteiger partial charge in [-0.15, -0.1) is 4.31 Å². The molecule has 2 aromatic carbocycles. The van der Waals surface area contributed by atoms with E-state index >= 15 is 0 Å². The van der Waals surface area contributed by atoms with Gasteiger partial charge in [0.05, 0.1) is 17.2 Å². The molecule has 3 aromatic rings. The minimum absolute atomic E-state index is 0.00411. The first-order valence-electron chi connectivity index (χ1n) is 10.8. The summed E-state index contributed by atoms with van der Waals surface area (Å²) in [5.41, 5.74) is 4.13. The van der Waals surface area contributed by atoms with Crippen molar-refractivity contribution in [2.45, 2.75) is 38.2 Å². The minimum Gasteiger partial charge on any atom is -0.598 e. The maximum atomic E-state index is 13.5. The van der Waals surface area contributed by atoms with Gasteiger partial charge in [0.25, 0.3) is 0 Å². The molecule has 0 amide bonds. The zero-order chi connectivity index (χ0) is 22.6. The number of carbonyl (C=O) groups excluding carboxylic acids is 1. The number of ketones is 1. The zero-order valence-electron chi connectivity index (χ0n) is 18.4. The fourth-order valence-corrected chi connectivity index (χ4v) is 5.68. The molecule has 1 aromatic heterocycles. The highest BCUT2D eigenvalue weighted by atomic mass is 32.2. The van der Waals surface area contributed by atoms with Crippen molar-refractivity contribution in [3.8, 4) is 11.8 Å². The Bertz CT molecular complexity index is 1260. The van der Waals surface area contributed by atoms with E-state index in [4.69, 9.17) is 4.74 Å². The van der Waals surface area contributed by atoms with Gasteiger partial charge in [-0.3, -0.25) is 4.79 Å². The molecule has 0 saturated carbocycles. The predicted molar refractivity (Wildman–Crippen MR) is 124 cm³/mol. The Morgan fingerprint density at radius 2 is 1.97 bits per heavy atom. The zero-order valence-corrected chi connectivity index (χ0v) is 19.2. The first-order valence-corrected chi connectivity index (χ1v) is 12.3. The number of ether oxygens (including phenoxy) is 1. The predicted octanol–water partition coefficient (Wildman–Crippen LogP) is 4.05. The largest absolute Gasteiger partial charge is 0.598 e. The number of nitriles is 1. The fourth-order valence-electron chi connectivity index (χ4n) is 4.95. The van der Waals surface area contributed by atoms with Gasteiger partial charge in [0.15, 0.2) is 5.78 Å². The number of fused-ring (bicyclic) bond motifs is 4. The van der Waals surface area contributed by atoms with Crippen molar-refractivity contribution in [1.82, 2.24) is 9.29 Å². The smallest absolute Gasteiger partial charge is 0.195 e. The number of benzene rings is 2. The molecule has 0 radical (unpaired) electrons. The van der Waals surface area contributed by atoms with E-state index in [1.807, 2.05) is 28.6 Å². The van der Waals surface area contributed by atoms with E-state index in [0.29, 0.717) is 16.7 Å². The molecule has 1 saturated heterocycles. The van der Waals surface area contributed by atoms with E-state index in [-0.39, 0.29) is 11.9 Å². The fraction of sp³-hybridized carbons (Fsp3) is 0.360. The Balaban J connectivity index is 1.48. The molecule has 1 aliphatic heterocycles. The molecule has 2 aliphatic rings. The van der Waals surface area contributed by atoms with Gasteiger partial charge in [0.2, 0.25) is 0 Å². The Kier molecular flexibility index (Phi) is 5.05. The number of aromatic amines is 1. The molecule has 6 nitrogen and oxygen atoms in total. The van der Waals surface area contributed by atoms with Crippen molar-refractivity contribution in [1.29, 1.82) is 5.26 Å². The Morgan fingerprint density at radius 1 is 1.22 bits per heavy atom. The van der Waals surface area contributed by atoms with Gasteiger partial charge in [-0.2, -0.15) is 5.26 Å². The summed E-state index contributed by atoms with van der Waals surface area (Å²) in [5.74, 6) is 0.752. The number of piperidine rings is 1. The minimum atomic E-state index is -0.941. The summed E-state index contributed by atoms with van der Waals surface area (Å²) in [6, 6.07) is 13.3. The van der Waals surface area contributed by atoms with Crippen molar-refractivity contribution in [3.63, 3.8) is 0 Å². The first kappa shape index (κ1) is 21.1. The summed E-state index contributed by atoms with van der Waals surface area (Å²) in [4.78, 5) is 16.9. The number of hydrogen-bond acceptors (Lipinski definition) is 5. The van der Waals surface area contributed by atoms with Crippen molar-refractivity contribution in [2.24, 2.45) is 0 Å². The molecule has 2 heterocycles. The molecule has 0 bridgehead atoms. The summed E-state index contributed by atoms with van der Waals surface area (Å²) in [5, 5.41) is 10.1. The van der Waals surface area contributed by atoms with Crippen LogP contribution in [0.1, 0.15) is 59.4 Å². The molecule has 1 aliphatic carbocycles. The summed E-state index contributed by atoms with van der Waals surface area (Å²) in [6.45, 7) is 5.73. The molecule has 164 valence electrons. The molecular formula is C25H25N3O3S. The highest BCUT2D eigenvalue weighted by Gasteiger charge is 2.40. The molecule has 32 heavy (non-hydrogen) atoms. The topological polar surface area (TPSA) is 92.2 Å². The van der Waals surface area contributed by atoms with E-state index in [1.165, 1.54) is 0 Å². The van der Waals surface area contributed by atoms with Crippen LogP contribution in [0.15, 0.2) is 36.4 Å². The van der Waals surface area contributed by atoms with Crippen molar-refractivity contribution >= 4 is 28.0 Å². The summed E-state index contributed by atoms with van der Waals surface area (Å²) >= 11 is -0.941. The molecule has 1 fully saturated rings. The van der Waals surface area contributed by atoms with E-state index in [0.717, 1.165) is 53.8 Å². The third kappa shape index (κ3) is 3.30. The van der Waals surface area contributed by atoms with Gasteiger partial charge in [-0.05, 0) is 35.9 Å². The molecule has 0 spiro atoms. The van der Waals surface area contributed by atoms with Crippen LogP contribution in [0, 0.1) is 11.3 Å². The van der Waals surface area contributed by atoms with Crippen LogP contribution in [0.5, 0.6) is 5.75 Å². The van der Waals surface area contributed by atoms with Gasteiger partial charge in [-0.1, -0.05) is 19.9 Å². The van der Waals surface area contributed by atoms with Crippen molar-refractivity contribution in [2.75, 3.05) is 19.3 Å². The van der Waals surface area contributed by atoms with Gasteiger partial charge in [0.1, 0.15) is 18.1 Å². The van der Waals surface area contributed by atoms with Gasteiger partial charge in [0, 0.05) is 64.9 Å². The lowest BCUT2D eigenvalue weighted by Crippen LogP contribution is -2.41. The lowest BCUT2D eigenvalue weighted by Gasteiger charge is -2.33. The average molecular weight is 448 g/mol. The number of rotatable bonds is 3. The molecule has 5 rings (SSSR count). The summed E-state index contributed by atoms with van der Waals surface area (Å²) < 4.78 is 19.9. The monoisotopic (exact) mass is 447 g/mol. The molecule has 1 unspecified atom stereocenters. The second-order valence-corrected chi connectivity index (χ2v) is 10.4. The van der Waals surface area contributed by atoms with E-state index in [2.05, 4.69) is 24.9 Å². The Labute approximate surface area is 190 Å². The second kappa shape index (κ2) is 7.66. The van der Waals surface area contributed by atoms with E-state index in [9.17, 15) is 14.6 Å². The average Bonchev–Trinajstić information content (AvgIpc) is 3.18.